The van der Waals surface area contributed by atoms with Gasteiger partial charge in [-0.2, -0.15) is 13.2 Å². The molecule has 2 amide bonds. The Morgan fingerprint density at radius 3 is 2.70 bits per heavy atom. The lowest BCUT2D eigenvalue weighted by Gasteiger charge is -2.24. The third-order valence-corrected chi connectivity index (χ3v) is 4.48. The van der Waals surface area contributed by atoms with Crippen LogP contribution in [0.4, 0.5) is 18.9 Å². The third kappa shape index (κ3) is 4.63. The van der Waals surface area contributed by atoms with Crippen molar-refractivity contribution in [2.24, 2.45) is 5.92 Å². The van der Waals surface area contributed by atoms with Gasteiger partial charge in [0.15, 0.2) is 0 Å². The first-order chi connectivity index (χ1) is 10.7. The van der Waals surface area contributed by atoms with Crippen molar-refractivity contribution in [2.45, 2.75) is 36.6 Å². The first-order valence-electron chi connectivity index (χ1n) is 7.12. The summed E-state index contributed by atoms with van der Waals surface area (Å²) in [7, 11) is 0. The average molecular weight is 346 g/mol. The normalized spacial score (nSPS) is 17.7. The molecule has 0 bridgehead atoms. The molecule has 1 heterocycles. The first-order valence-corrected chi connectivity index (χ1v) is 8.00. The molecule has 0 unspecified atom stereocenters. The van der Waals surface area contributed by atoms with E-state index in [1.54, 1.807) is 0 Å². The number of anilines is 1. The van der Waals surface area contributed by atoms with Crippen LogP contribution < -0.4 is 10.6 Å². The van der Waals surface area contributed by atoms with Crippen molar-refractivity contribution in [2.75, 3.05) is 11.9 Å². The number of rotatable bonds is 4. The van der Waals surface area contributed by atoms with Gasteiger partial charge >= 0.3 is 6.18 Å². The van der Waals surface area contributed by atoms with Crippen LogP contribution in [0.5, 0.6) is 0 Å². The molecule has 126 valence electrons. The second-order valence-corrected chi connectivity index (χ2v) is 6.95. The van der Waals surface area contributed by atoms with Crippen molar-refractivity contribution in [3.63, 3.8) is 0 Å². The fourth-order valence-electron chi connectivity index (χ4n) is 2.02. The molecule has 1 aliphatic rings. The van der Waals surface area contributed by atoms with Crippen molar-refractivity contribution in [1.29, 1.82) is 0 Å². The Balaban J connectivity index is 2.06. The summed E-state index contributed by atoms with van der Waals surface area (Å²) >= 11 is 1.11. The summed E-state index contributed by atoms with van der Waals surface area (Å²) in [6.07, 6.45) is -4.47. The molecule has 1 aromatic rings. The maximum atomic E-state index is 12.7. The zero-order valence-corrected chi connectivity index (χ0v) is 13.5. The molecule has 1 atom stereocenters. The maximum absolute atomic E-state index is 12.7. The van der Waals surface area contributed by atoms with Crippen molar-refractivity contribution in [3.05, 3.63) is 23.8 Å². The number of hydrogen-bond donors (Lipinski definition) is 2. The molecular formula is C15H17F3N2O2S. The molecule has 0 radical (unpaired) electrons. The SMILES string of the molecule is CC(C)CNC(=O)C[C@@H]1Sc2ccc(C(F)(F)F)cc2NC1=O. The molecule has 0 saturated heterocycles. The molecule has 0 saturated carbocycles. The third-order valence-electron chi connectivity index (χ3n) is 3.20. The van der Waals surface area contributed by atoms with Gasteiger partial charge in [0.2, 0.25) is 11.8 Å². The van der Waals surface area contributed by atoms with Crippen molar-refractivity contribution in [1.82, 2.24) is 5.32 Å². The van der Waals surface area contributed by atoms with Gasteiger partial charge in [0.25, 0.3) is 0 Å². The van der Waals surface area contributed by atoms with Crippen LogP contribution in [0.25, 0.3) is 0 Å². The summed E-state index contributed by atoms with van der Waals surface area (Å²) < 4.78 is 38.0. The number of nitrogens with one attached hydrogen (secondary N) is 2. The Morgan fingerprint density at radius 2 is 2.09 bits per heavy atom. The Morgan fingerprint density at radius 1 is 1.39 bits per heavy atom. The number of hydrogen-bond acceptors (Lipinski definition) is 3. The highest BCUT2D eigenvalue weighted by atomic mass is 32.2. The topological polar surface area (TPSA) is 58.2 Å². The van der Waals surface area contributed by atoms with Crippen LogP contribution in [0, 0.1) is 5.92 Å². The van der Waals surface area contributed by atoms with E-state index < -0.39 is 22.9 Å². The summed E-state index contributed by atoms with van der Waals surface area (Å²) in [5, 5.41) is 4.53. The van der Waals surface area contributed by atoms with E-state index in [0.29, 0.717) is 17.4 Å². The number of thioether (sulfide) groups is 1. The van der Waals surface area contributed by atoms with E-state index >= 15 is 0 Å². The molecule has 0 fully saturated rings. The van der Waals surface area contributed by atoms with Gasteiger partial charge < -0.3 is 10.6 Å². The Kier molecular flexibility index (Phi) is 5.23. The van der Waals surface area contributed by atoms with Crippen LogP contribution >= 0.6 is 11.8 Å². The lowest BCUT2D eigenvalue weighted by atomic mass is 10.1. The average Bonchev–Trinajstić information content (AvgIpc) is 2.44. The molecule has 2 N–H and O–H groups in total. The van der Waals surface area contributed by atoms with Crippen molar-refractivity contribution >= 4 is 29.3 Å². The van der Waals surface area contributed by atoms with E-state index in [4.69, 9.17) is 0 Å². The molecular weight excluding hydrogens is 329 g/mol. The van der Waals surface area contributed by atoms with E-state index in [-0.39, 0.29) is 18.0 Å². The number of alkyl halides is 3. The summed E-state index contributed by atoms with van der Waals surface area (Å²) in [6, 6.07) is 3.20. The van der Waals surface area contributed by atoms with Gasteiger partial charge in [0, 0.05) is 17.9 Å². The van der Waals surface area contributed by atoms with Crippen molar-refractivity contribution in [3.8, 4) is 0 Å². The number of halogens is 3. The molecule has 0 aromatic heterocycles. The van der Waals surface area contributed by atoms with Gasteiger partial charge in [-0.1, -0.05) is 13.8 Å². The molecule has 0 aliphatic carbocycles. The summed E-state index contributed by atoms with van der Waals surface area (Å²) in [4.78, 5) is 24.3. The predicted octanol–water partition coefficient (Wildman–Crippen LogP) is 3.28. The lowest BCUT2D eigenvalue weighted by molar-refractivity contribution is -0.137. The summed E-state index contributed by atoms with van der Waals surface area (Å²) in [6.45, 7) is 4.43. The smallest absolute Gasteiger partial charge is 0.356 e. The molecule has 4 nitrogen and oxygen atoms in total. The van der Waals surface area contributed by atoms with Gasteiger partial charge in [-0.25, -0.2) is 0 Å². The number of carbonyl (C=O) groups excluding carboxylic acids is 2. The number of fused-ring (bicyclic) bond motifs is 1. The molecule has 8 heteroatoms. The minimum absolute atomic E-state index is 0.0102. The zero-order chi connectivity index (χ0) is 17.2. The minimum Gasteiger partial charge on any atom is -0.356 e. The monoisotopic (exact) mass is 346 g/mol. The second-order valence-electron chi connectivity index (χ2n) is 5.71. The highest BCUT2D eigenvalue weighted by Gasteiger charge is 2.34. The van der Waals surface area contributed by atoms with E-state index in [1.165, 1.54) is 6.07 Å². The maximum Gasteiger partial charge on any atom is 0.416 e. The van der Waals surface area contributed by atoms with Gasteiger partial charge in [0.05, 0.1) is 16.5 Å². The standard InChI is InChI=1S/C15H17F3N2O2S/c1-8(2)7-19-13(21)6-12-14(22)20-10-5-9(15(16,17)18)3-4-11(10)23-12/h3-5,8,12H,6-7H2,1-2H3,(H,19,21)(H,20,22)/t12-/m0/s1. The molecule has 1 aromatic carbocycles. The molecule has 1 aliphatic heterocycles. The van der Waals surface area contributed by atoms with E-state index in [2.05, 4.69) is 10.6 Å². The quantitative estimate of drug-likeness (QED) is 0.880. The van der Waals surface area contributed by atoms with Crippen LogP contribution in [0.15, 0.2) is 23.1 Å². The van der Waals surface area contributed by atoms with E-state index in [1.807, 2.05) is 13.8 Å². The van der Waals surface area contributed by atoms with E-state index in [9.17, 15) is 22.8 Å². The fourth-order valence-corrected chi connectivity index (χ4v) is 3.11. The van der Waals surface area contributed by atoms with E-state index in [0.717, 1.165) is 23.9 Å². The van der Waals surface area contributed by atoms with Crippen LogP contribution in [-0.4, -0.2) is 23.6 Å². The fraction of sp³-hybridized carbons (Fsp3) is 0.467. The van der Waals surface area contributed by atoms with Crippen molar-refractivity contribution < 1.29 is 22.8 Å². The Bertz CT molecular complexity index is 617. The van der Waals surface area contributed by atoms with Gasteiger partial charge in [-0.15, -0.1) is 11.8 Å². The van der Waals surface area contributed by atoms with Gasteiger partial charge in [0.1, 0.15) is 0 Å². The zero-order valence-electron chi connectivity index (χ0n) is 12.7. The number of benzene rings is 1. The minimum atomic E-state index is -4.46. The highest BCUT2D eigenvalue weighted by molar-refractivity contribution is 8.01. The lowest BCUT2D eigenvalue weighted by Crippen LogP contribution is -2.36. The second kappa shape index (κ2) is 6.82. The molecule has 23 heavy (non-hydrogen) atoms. The van der Waals surface area contributed by atoms with Gasteiger partial charge in [-0.3, -0.25) is 9.59 Å². The van der Waals surface area contributed by atoms with Gasteiger partial charge in [-0.05, 0) is 24.1 Å². The van der Waals surface area contributed by atoms with Crippen LogP contribution in [0.3, 0.4) is 0 Å². The Labute approximate surface area is 136 Å². The number of carbonyl (C=O) groups is 2. The largest absolute Gasteiger partial charge is 0.416 e. The highest BCUT2D eigenvalue weighted by Crippen LogP contribution is 2.40. The van der Waals surface area contributed by atoms with Crippen LogP contribution in [0.1, 0.15) is 25.8 Å². The Hall–Kier alpha value is -1.70. The number of amides is 2. The molecule has 2 rings (SSSR count). The summed E-state index contributed by atoms with van der Waals surface area (Å²) in [5.41, 5.74) is -0.682. The molecule has 0 spiro atoms. The van der Waals surface area contributed by atoms with Crippen LogP contribution in [0.2, 0.25) is 0 Å². The predicted molar refractivity (Wildman–Crippen MR) is 82.2 cm³/mol. The summed E-state index contributed by atoms with van der Waals surface area (Å²) in [5.74, 6) is -0.406. The first kappa shape index (κ1) is 17.7. The van der Waals surface area contributed by atoms with Crippen LogP contribution in [-0.2, 0) is 15.8 Å².